The van der Waals surface area contributed by atoms with E-state index < -0.39 is 10.8 Å². The van der Waals surface area contributed by atoms with Crippen LogP contribution < -0.4 is 0 Å². The number of aryl methyl sites for hydroxylation is 1. The van der Waals surface area contributed by atoms with Crippen LogP contribution in [0.1, 0.15) is 50.1 Å². The highest BCUT2D eigenvalue weighted by Crippen LogP contribution is 2.68. The topological polar surface area (TPSA) is 4.93 Å². The van der Waals surface area contributed by atoms with E-state index in [0.29, 0.717) is 0 Å². The SMILES string of the molecule is Cc1c(-c2ccccc2)n(-c2ccc3sc4ccccc4c3c2)c2c3c(ccc12)C1(c2ccccc2-3)c2ccccc2C2(c3ccccc3-c3ccccc32)c2ccccc21. The summed E-state index contributed by atoms with van der Waals surface area (Å²) in [5.74, 6) is 0. The van der Waals surface area contributed by atoms with Crippen molar-refractivity contribution in [2.24, 2.45) is 0 Å². The maximum atomic E-state index is 2.60. The highest BCUT2D eigenvalue weighted by Gasteiger charge is 2.59. The first-order valence-electron chi connectivity index (χ1n) is 21.4. The van der Waals surface area contributed by atoms with Crippen LogP contribution in [0.5, 0.6) is 0 Å². The lowest BCUT2D eigenvalue weighted by Gasteiger charge is -2.48. The van der Waals surface area contributed by atoms with E-state index in [4.69, 9.17) is 0 Å². The van der Waals surface area contributed by atoms with Crippen molar-refractivity contribution < 1.29 is 0 Å². The van der Waals surface area contributed by atoms with E-state index >= 15 is 0 Å². The second-order valence-corrected chi connectivity index (χ2v) is 18.1. The largest absolute Gasteiger partial charge is 0.308 e. The molecule has 2 aromatic heterocycles. The molecule has 1 nitrogen and oxygen atoms in total. The molecule has 0 unspecified atom stereocenters. The van der Waals surface area contributed by atoms with Gasteiger partial charge in [0.2, 0.25) is 0 Å². The van der Waals surface area contributed by atoms with Crippen LogP contribution >= 0.6 is 11.3 Å². The van der Waals surface area contributed by atoms with Gasteiger partial charge in [-0.15, -0.1) is 11.3 Å². The summed E-state index contributed by atoms with van der Waals surface area (Å²) >= 11 is 1.88. The molecular formula is C59H37NS. The third-order valence-electron chi connectivity index (χ3n) is 14.5. The summed E-state index contributed by atoms with van der Waals surface area (Å²) in [6, 6.07) is 78.4. The summed E-state index contributed by atoms with van der Waals surface area (Å²) in [5, 5.41) is 3.90. The second kappa shape index (κ2) is 11.9. The quantitative estimate of drug-likeness (QED) is 0.164. The molecule has 3 aliphatic carbocycles. The number of hydrogen-bond donors (Lipinski definition) is 0. The zero-order chi connectivity index (χ0) is 40.0. The smallest absolute Gasteiger partial charge is 0.0720 e. The molecule has 3 aliphatic rings. The molecule has 0 aliphatic heterocycles. The lowest BCUT2D eigenvalue weighted by Crippen LogP contribution is -2.43. The van der Waals surface area contributed by atoms with Crippen LogP contribution in [0.25, 0.3) is 70.3 Å². The number of rotatable bonds is 2. The molecule has 11 aromatic rings. The molecule has 0 amide bonds. The van der Waals surface area contributed by atoms with Crippen molar-refractivity contribution in [3.63, 3.8) is 0 Å². The Hall–Kier alpha value is -7.26. The normalized spacial score (nSPS) is 14.6. The summed E-state index contributed by atoms with van der Waals surface area (Å²) in [7, 11) is 0. The van der Waals surface area contributed by atoms with Gasteiger partial charge in [0.1, 0.15) is 0 Å². The van der Waals surface area contributed by atoms with Gasteiger partial charge in [-0.1, -0.05) is 182 Å². The van der Waals surface area contributed by atoms with Crippen molar-refractivity contribution in [3.8, 4) is 39.2 Å². The molecule has 2 heteroatoms. The Kier molecular flexibility index (Phi) is 6.57. The fourth-order valence-electron chi connectivity index (χ4n) is 12.3. The standard InChI is InChI=1S/C59H37NS/c1-36-39-32-33-52-55(57(39)60(56(36)37-17-3-2-4-18-37)38-31-34-54-44(35-38)42-21-8-16-30-53(42)61-54)43-22-7-11-25-47(43)59(52)50-28-14-12-26-48(50)58(49-27-13-15-29-51(49)59)45-23-9-5-19-40(45)41-20-6-10-24-46(41)58/h2-35H,1H3. The second-order valence-electron chi connectivity index (χ2n) is 17.1. The molecule has 9 aromatic carbocycles. The van der Waals surface area contributed by atoms with Crippen LogP contribution in [0.3, 0.4) is 0 Å². The number of nitrogens with zero attached hydrogens (tertiary/aromatic N) is 1. The lowest BCUT2D eigenvalue weighted by atomic mass is 9.52. The third-order valence-corrected chi connectivity index (χ3v) is 15.6. The Balaban J connectivity index is 1.15. The number of hydrogen-bond acceptors (Lipinski definition) is 1. The molecule has 284 valence electrons. The first-order valence-corrected chi connectivity index (χ1v) is 22.2. The van der Waals surface area contributed by atoms with E-state index in [1.165, 1.54) is 120 Å². The van der Waals surface area contributed by atoms with Crippen molar-refractivity contribution in [2.45, 2.75) is 17.8 Å². The number of fused-ring (bicyclic) bond motifs is 21. The van der Waals surface area contributed by atoms with Gasteiger partial charge in [0, 0.05) is 36.8 Å². The first-order chi connectivity index (χ1) is 30.2. The highest BCUT2D eigenvalue weighted by atomic mass is 32.1. The van der Waals surface area contributed by atoms with Crippen LogP contribution in [0.2, 0.25) is 0 Å². The predicted octanol–water partition coefficient (Wildman–Crippen LogP) is 15.0. The Bertz CT molecular complexity index is 3580. The van der Waals surface area contributed by atoms with Crippen LogP contribution in [0, 0.1) is 6.92 Å². The zero-order valence-corrected chi connectivity index (χ0v) is 34.3. The van der Waals surface area contributed by atoms with Gasteiger partial charge in [-0.05, 0) is 104 Å². The monoisotopic (exact) mass is 791 g/mol. The molecule has 14 rings (SSSR count). The predicted molar refractivity (Wildman–Crippen MR) is 255 cm³/mol. The van der Waals surface area contributed by atoms with Crippen molar-refractivity contribution in [2.75, 3.05) is 0 Å². The van der Waals surface area contributed by atoms with Crippen molar-refractivity contribution in [1.29, 1.82) is 0 Å². The van der Waals surface area contributed by atoms with Gasteiger partial charge in [0.05, 0.1) is 22.0 Å². The Labute approximate surface area is 358 Å². The van der Waals surface area contributed by atoms with Crippen LogP contribution in [0.15, 0.2) is 206 Å². The Morgan fingerprint density at radius 3 is 1.51 bits per heavy atom. The molecule has 0 bridgehead atoms. The molecule has 2 heterocycles. The van der Waals surface area contributed by atoms with E-state index in [-0.39, 0.29) is 0 Å². The van der Waals surface area contributed by atoms with Gasteiger partial charge < -0.3 is 4.57 Å². The number of aromatic nitrogens is 1. The summed E-state index contributed by atoms with van der Waals surface area (Å²) in [6.45, 7) is 2.33. The fraction of sp³-hybridized carbons (Fsp3) is 0.0508. The Morgan fingerprint density at radius 1 is 0.377 bits per heavy atom. The molecule has 0 radical (unpaired) electrons. The fourth-order valence-corrected chi connectivity index (χ4v) is 13.4. The average molecular weight is 792 g/mol. The van der Waals surface area contributed by atoms with Crippen LogP contribution in [-0.2, 0) is 10.8 Å². The lowest BCUT2D eigenvalue weighted by molar-refractivity contribution is 0.633. The van der Waals surface area contributed by atoms with Crippen LogP contribution in [0.4, 0.5) is 0 Å². The van der Waals surface area contributed by atoms with E-state index in [0.717, 1.165) is 0 Å². The van der Waals surface area contributed by atoms with E-state index in [2.05, 4.69) is 218 Å². The van der Waals surface area contributed by atoms with Gasteiger partial charge >= 0.3 is 0 Å². The molecule has 2 spiro atoms. The molecule has 61 heavy (non-hydrogen) atoms. The van der Waals surface area contributed by atoms with Crippen molar-refractivity contribution in [3.05, 3.63) is 256 Å². The summed E-state index contributed by atoms with van der Waals surface area (Å²) in [6.07, 6.45) is 0. The van der Waals surface area contributed by atoms with Crippen molar-refractivity contribution >= 4 is 42.4 Å². The van der Waals surface area contributed by atoms with Gasteiger partial charge in [0.25, 0.3) is 0 Å². The van der Waals surface area contributed by atoms with Gasteiger partial charge in [-0.2, -0.15) is 0 Å². The highest BCUT2D eigenvalue weighted by molar-refractivity contribution is 7.25. The molecule has 0 atom stereocenters. The van der Waals surface area contributed by atoms with Gasteiger partial charge in [-0.3, -0.25) is 0 Å². The minimum atomic E-state index is -0.561. The molecular weight excluding hydrogens is 755 g/mol. The third kappa shape index (κ3) is 3.98. The molecule has 0 fully saturated rings. The maximum Gasteiger partial charge on any atom is 0.0720 e. The Morgan fingerprint density at radius 2 is 0.869 bits per heavy atom. The molecule has 0 N–H and O–H groups in total. The minimum absolute atomic E-state index is 0.469. The minimum Gasteiger partial charge on any atom is -0.308 e. The van der Waals surface area contributed by atoms with Gasteiger partial charge in [0.15, 0.2) is 0 Å². The summed E-state index contributed by atoms with van der Waals surface area (Å²) in [4.78, 5) is 0. The first kappa shape index (κ1) is 33.6. The van der Waals surface area contributed by atoms with E-state index in [1.807, 2.05) is 11.3 Å². The van der Waals surface area contributed by atoms with Gasteiger partial charge in [-0.25, -0.2) is 0 Å². The summed E-state index contributed by atoms with van der Waals surface area (Å²) in [5.41, 5.74) is 21.3. The molecule has 0 saturated heterocycles. The van der Waals surface area contributed by atoms with Crippen molar-refractivity contribution in [1.82, 2.24) is 4.57 Å². The number of benzene rings is 9. The maximum absolute atomic E-state index is 2.60. The zero-order valence-electron chi connectivity index (χ0n) is 33.5. The average Bonchev–Trinajstić information content (AvgIpc) is 4.03. The van der Waals surface area contributed by atoms with E-state index in [9.17, 15) is 0 Å². The van der Waals surface area contributed by atoms with Crippen LogP contribution in [-0.4, -0.2) is 4.57 Å². The molecule has 0 saturated carbocycles. The number of thiophene rings is 1. The summed E-state index contributed by atoms with van der Waals surface area (Å²) < 4.78 is 5.24. The van der Waals surface area contributed by atoms with E-state index in [1.54, 1.807) is 0 Å².